The van der Waals surface area contributed by atoms with Crippen LogP contribution in [0.1, 0.15) is 21.5 Å². The molecule has 0 aliphatic rings. The zero-order chi connectivity index (χ0) is 15.4. The second-order valence-electron chi connectivity index (χ2n) is 5.04. The third-order valence-electron chi connectivity index (χ3n) is 3.40. The van der Waals surface area contributed by atoms with E-state index < -0.39 is 8.80 Å². The van der Waals surface area contributed by atoms with Gasteiger partial charge in [0, 0.05) is 11.1 Å². The van der Waals surface area contributed by atoms with Gasteiger partial charge in [-0.2, -0.15) is 0 Å². The molecular formula is C18H19O2Si. The number of hydrogen-bond donors (Lipinski definition) is 0. The molecular weight excluding hydrogens is 276 g/mol. The van der Waals surface area contributed by atoms with E-state index in [-0.39, 0.29) is 5.78 Å². The largest absolute Gasteiger partial charge is 0.497 e. The van der Waals surface area contributed by atoms with Crippen molar-refractivity contribution >= 4 is 25.8 Å². The quantitative estimate of drug-likeness (QED) is 0.623. The monoisotopic (exact) mass is 295 g/mol. The molecule has 0 aromatic heterocycles. The summed E-state index contributed by atoms with van der Waals surface area (Å²) in [4.78, 5) is 12.8. The van der Waals surface area contributed by atoms with Gasteiger partial charge in [-0.3, -0.25) is 4.79 Å². The molecule has 0 atom stereocenters. The predicted molar refractivity (Wildman–Crippen MR) is 90.1 cm³/mol. The molecule has 0 aliphatic carbocycles. The number of ketones is 1. The van der Waals surface area contributed by atoms with Crippen molar-refractivity contribution in [3.05, 3.63) is 65.7 Å². The number of benzene rings is 2. The molecule has 0 N–H and O–H groups in total. The van der Waals surface area contributed by atoms with Crippen molar-refractivity contribution in [3.63, 3.8) is 0 Å². The summed E-state index contributed by atoms with van der Waals surface area (Å²) in [5, 5.41) is 1.06. The van der Waals surface area contributed by atoms with Crippen LogP contribution in [0.5, 0.6) is 5.75 Å². The molecule has 107 valence electrons. The highest BCUT2D eigenvalue weighted by Crippen LogP contribution is 2.16. The van der Waals surface area contributed by atoms with Crippen molar-refractivity contribution in [1.82, 2.24) is 0 Å². The summed E-state index contributed by atoms with van der Waals surface area (Å²) < 4.78 is 5.43. The minimum Gasteiger partial charge on any atom is -0.497 e. The Hall–Kier alpha value is -2.13. The Kier molecular flexibility index (Phi) is 4.76. The number of methoxy groups -OCH3 is 1. The summed E-state index contributed by atoms with van der Waals surface area (Å²) in [6.07, 6.45) is 1.77. The van der Waals surface area contributed by atoms with E-state index >= 15 is 0 Å². The molecule has 0 fully saturated rings. The molecule has 2 aromatic rings. The average molecular weight is 295 g/mol. The van der Waals surface area contributed by atoms with E-state index in [1.807, 2.05) is 42.5 Å². The molecule has 1 radical (unpaired) electrons. The minimum atomic E-state index is -0.810. The standard InChI is InChI=1S/C18H19O2Si/c1-5-13-9-11-14(12-10-13)17(19)15-7-6-8-16(20-2)18(15)21(3)4/h5-12H,1H2,2-4H3. The van der Waals surface area contributed by atoms with Gasteiger partial charge in [0.1, 0.15) is 5.75 Å². The molecule has 0 saturated heterocycles. The lowest BCUT2D eigenvalue weighted by Crippen LogP contribution is -2.31. The molecule has 21 heavy (non-hydrogen) atoms. The van der Waals surface area contributed by atoms with E-state index in [4.69, 9.17) is 4.74 Å². The highest BCUT2D eigenvalue weighted by molar-refractivity contribution is 6.73. The van der Waals surface area contributed by atoms with Crippen LogP contribution >= 0.6 is 0 Å². The van der Waals surface area contributed by atoms with Gasteiger partial charge in [0.2, 0.25) is 0 Å². The van der Waals surface area contributed by atoms with Gasteiger partial charge < -0.3 is 4.74 Å². The summed E-state index contributed by atoms with van der Waals surface area (Å²) in [5.41, 5.74) is 2.45. The molecule has 0 spiro atoms. The predicted octanol–water partition coefficient (Wildman–Crippen LogP) is 3.53. The van der Waals surface area contributed by atoms with Gasteiger partial charge in [-0.25, -0.2) is 0 Å². The Bertz CT molecular complexity index is 657. The van der Waals surface area contributed by atoms with Gasteiger partial charge in [-0.15, -0.1) is 0 Å². The Balaban J connectivity index is 2.49. The van der Waals surface area contributed by atoms with Crippen molar-refractivity contribution < 1.29 is 9.53 Å². The molecule has 0 aliphatic heterocycles. The number of ether oxygens (including phenoxy) is 1. The summed E-state index contributed by atoms with van der Waals surface area (Å²) in [5.74, 6) is 0.855. The molecule has 0 bridgehead atoms. The van der Waals surface area contributed by atoms with Crippen LogP contribution in [0.2, 0.25) is 13.1 Å². The first-order chi connectivity index (χ1) is 10.1. The van der Waals surface area contributed by atoms with Gasteiger partial charge in [0.05, 0.1) is 15.9 Å². The smallest absolute Gasteiger partial charge is 0.193 e. The summed E-state index contributed by atoms with van der Waals surface area (Å²) in [7, 11) is 0.840. The van der Waals surface area contributed by atoms with Crippen molar-refractivity contribution in [2.45, 2.75) is 13.1 Å². The van der Waals surface area contributed by atoms with Crippen LogP contribution in [0.25, 0.3) is 6.08 Å². The Morgan fingerprint density at radius 1 is 1.14 bits per heavy atom. The third-order valence-corrected chi connectivity index (χ3v) is 4.92. The Morgan fingerprint density at radius 2 is 1.81 bits per heavy atom. The van der Waals surface area contributed by atoms with E-state index in [1.165, 1.54) is 0 Å². The maximum atomic E-state index is 12.8. The van der Waals surface area contributed by atoms with Gasteiger partial charge in [0.25, 0.3) is 0 Å². The van der Waals surface area contributed by atoms with E-state index in [0.29, 0.717) is 5.56 Å². The van der Waals surface area contributed by atoms with Crippen LogP contribution in [0.15, 0.2) is 49.0 Å². The van der Waals surface area contributed by atoms with Crippen LogP contribution in [0.3, 0.4) is 0 Å². The van der Waals surface area contributed by atoms with Crippen LogP contribution < -0.4 is 9.92 Å². The zero-order valence-corrected chi connectivity index (χ0v) is 13.6. The fraction of sp³-hybridized carbons (Fsp3) is 0.167. The summed E-state index contributed by atoms with van der Waals surface area (Å²) >= 11 is 0. The molecule has 0 saturated carbocycles. The topological polar surface area (TPSA) is 26.3 Å². The van der Waals surface area contributed by atoms with Gasteiger partial charge in [0.15, 0.2) is 5.78 Å². The van der Waals surface area contributed by atoms with Crippen LogP contribution in [-0.2, 0) is 0 Å². The Morgan fingerprint density at radius 3 is 2.33 bits per heavy atom. The molecule has 3 heteroatoms. The SMILES string of the molecule is C=Cc1ccc(C(=O)c2cccc(OC)c2[Si](C)C)cc1. The molecule has 2 nitrogen and oxygen atoms in total. The number of hydrogen-bond acceptors (Lipinski definition) is 2. The zero-order valence-electron chi connectivity index (χ0n) is 12.6. The molecule has 0 heterocycles. The summed E-state index contributed by atoms with van der Waals surface area (Å²) in [6.45, 7) is 8.06. The highest BCUT2D eigenvalue weighted by atomic mass is 28.3. The van der Waals surface area contributed by atoms with Crippen LogP contribution in [-0.4, -0.2) is 21.7 Å². The van der Waals surface area contributed by atoms with E-state index in [1.54, 1.807) is 13.2 Å². The molecule has 2 rings (SSSR count). The first kappa shape index (κ1) is 15.3. The van der Waals surface area contributed by atoms with Gasteiger partial charge >= 0.3 is 0 Å². The highest BCUT2D eigenvalue weighted by Gasteiger charge is 2.19. The van der Waals surface area contributed by atoms with Crippen LogP contribution in [0, 0.1) is 0 Å². The Labute approximate surface area is 127 Å². The second-order valence-corrected chi connectivity index (χ2v) is 7.54. The first-order valence-electron chi connectivity index (χ1n) is 6.83. The van der Waals surface area contributed by atoms with E-state index in [0.717, 1.165) is 22.1 Å². The van der Waals surface area contributed by atoms with Crippen molar-refractivity contribution in [3.8, 4) is 5.75 Å². The van der Waals surface area contributed by atoms with Crippen LogP contribution in [0.4, 0.5) is 0 Å². The van der Waals surface area contributed by atoms with Gasteiger partial charge in [-0.1, -0.05) is 62.1 Å². The third kappa shape index (κ3) is 3.14. The fourth-order valence-electron chi connectivity index (χ4n) is 2.33. The van der Waals surface area contributed by atoms with E-state index in [2.05, 4.69) is 19.7 Å². The summed E-state index contributed by atoms with van der Waals surface area (Å²) in [6, 6.07) is 13.2. The van der Waals surface area contributed by atoms with Crippen molar-refractivity contribution in [1.29, 1.82) is 0 Å². The number of rotatable bonds is 5. The lowest BCUT2D eigenvalue weighted by atomic mass is 10.0. The lowest BCUT2D eigenvalue weighted by molar-refractivity contribution is 0.103. The first-order valence-corrected chi connectivity index (χ1v) is 9.33. The second kappa shape index (κ2) is 6.55. The normalized spacial score (nSPS) is 10.5. The van der Waals surface area contributed by atoms with Crippen molar-refractivity contribution in [2.75, 3.05) is 7.11 Å². The maximum Gasteiger partial charge on any atom is 0.193 e. The number of carbonyl (C=O) groups is 1. The van der Waals surface area contributed by atoms with Gasteiger partial charge in [-0.05, 0) is 16.8 Å². The molecule has 0 unspecified atom stereocenters. The van der Waals surface area contributed by atoms with Crippen molar-refractivity contribution in [2.24, 2.45) is 0 Å². The number of carbonyl (C=O) groups excluding carboxylic acids is 1. The molecule has 0 amide bonds. The minimum absolute atomic E-state index is 0.0470. The average Bonchev–Trinajstić information content (AvgIpc) is 2.53. The maximum absolute atomic E-state index is 12.8. The lowest BCUT2D eigenvalue weighted by Gasteiger charge is -2.15. The van der Waals surface area contributed by atoms with E-state index in [9.17, 15) is 4.79 Å². The molecule has 2 aromatic carbocycles. The fourth-order valence-corrected chi connectivity index (χ4v) is 3.75.